The van der Waals surface area contributed by atoms with E-state index in [0.717, 1.165) is 17.1 Å². The maximum absolute atomic E-state index is 6.60. The summed E-state index contributed by atoms with van der Waals surface area (Å²) in [6, 6.07) is 8.44. The summed E-state index contributed by atoms with van der Waals surface area (Å²) in [6.07, 6.45) is 1.73. The molecule has 1 aromatic carbocycles. The minimum Gasteiger partial charge on any atom is -0.544 e. The third-order valence-electron chi connectivity index (χ3n) is 3.92. The van der Waals surface area contributed by atoms with Crippen molar-refractivity contribution in [3.8, 4) is 17.1 Å². The average Bonchev–Trinajstić information content (AvgIpc) is 2.88. The van der Waals surface area contributed by atoms with E-state index in [2.05, 4.69) is 73.3 Å². The SMILES string of the molecule is CC(C)(C)c1cc(-c2ccco2)cc(C(C)(C)C)c1O[Si](C)(C)C. The van der Waals surface area contributed by atoms with Gasteiger partial charge in [-0.3, -0.25) is 0 Å². The molecule has 0 saturated carbocycles. The standard InChI is InChI=1S/C21H32O2Si/c1-20(2,3)16-13-15(18-11-10-12-22-18)14-17(21(4,5)6)19(16)23-24(7,8)9/h10-14H,1-9H3. The van der Waals surface area contributed by atoms with Crippen molar-refractivity contribution in [1.29, 1.82) is 0 Å². The lowest BCUT2D eigenvalue weighted by molar-refractivity contribution is 0.477. The zero-order valence-electron chi connectivity index (χ0n) is 16.7. The van der Waals surface area contributed by atoms with Crippen LogP contribution in [0.4, 0.5) is 0 Å². The van der Waals surface area contributed by atoms with Crippen LogP contribution in [-0.2, 0) is 10.8 Å². The second-order valence-electron chi connectivity index (χ2n) is 9.59. The highest BCUT2D eigenvalue weighted by Gasteiger charge is 2.31. The summed E-state index contributed by atoms with van der Waals surface area (Å²) in [5.41, 5.74) is 3.63. The smallest absolute Gasteiger partial charge is 0.242 e. The van der Waals surface area contributed by atoms with Crippen molar-refractivity contribution in [2.24, 2.45) is 0 Å². The summed E-state index contributed by atoms with van der Waals surface area (Å²) in [5, 5.41) is 0. The van der Waals surface area contributed by atoms with Gasteiger partial charge in [0, 0.05) is 5.56 Å². The Bertz CT molecular complexity index is 658. The molecule has 0 amide bonds. The van der Waals surface area contributed by atoms with Gasteiger partial charge in [0.15, 0.2) is 0 Å². The lowest BCUT2D eigenvalue weighted by atomic mass is 9.78. The Morgan fingerprint density at radius 2 is 1.38 bits per heavy atom. The third kappa shape index (κ3) is 4.32. The molecule has 0 N–H and O–H groups in total. The normalized spacial score (nSPS) is 13.2. The number of rotatable bonds is 3. The van der Waals surface area contributed by atoms with Crippen LogP contribution in [0.3, 0.4) is 0 Å². The lowest BCUT2D eigenvalue weighted by Gasteiger charge is -2.33. The van der Waals surface area contributed by atoms with E-state index in [1.54, 1.807) is 6.26 Å². The van der Waals surface area contributed by atoms with Gasteiger partial charge in [0.25, 0.3) is 0 Å². The van der Waals surface area contributed by atoms with E-state index >= 15 is 0 Å². The second kappa shape index (κ2) is 6.11. The molecule has 2 rings (SSSR count). The number of benzene rings is 1. The minimum absolute atomic E-state index is 0.00239. The molecule has 0 spiro atoms. The van der Waals surface area contributed by atoms with E-state index in [9.17, 15) is 0 Å². The molecule has 0 radical (unpaired) electrons. The highest BCUT2D eigenvalue weighted by Crippen LogP contribution is 2.43. The van der Waals surface area contributed by atoms with Crippen molar-refractivity contribution >= 4 is 8.32 Å². The first-order chi connectivity index (χ1) is 10.8. The molecule has 0 aliphatic heterocycles. The van der Waals surface area contributed by atoms with Gasteiger partial charge in [-0.15, -0.1) is 0 Å². The van der Waals surface area contributed by atoms with Crippen molar-refractivity contribution in [3.63, 3.8) is 0 Å². The highest BCUT2D eigenvalue weighted by atomic mass is 28.4. The summed E-state index contributed by atoms with van der Waals surface area (Å²) < 4.78 is 12.3. The first kappa shape index (κ1) is 18.8. The van der Waals surface area contributed by atoms with Gasteiger partial charge in [-0.25, -0.2) is 0 Å². The molecule has 0 unspecified atom stereocenters. The summed E-state index contributed by atoms with van der Waals surface area (Å²) in [5.74, 6) is 1.98. The van der Waals surface area contributed by atoms with Gasteiger partial charge in [0.2, 0.25) is 8.32 Å². The van der Waals surface area contributed by atoms with Crippen molar-refractivity contribution < 1.29 is 8.84 Å². The van der Waals surface area contributed by atoms with E-state index in [1.165, 1.54) is 11.1 Å². The first-order valence-electron chi connectivity index (χ1n) is 8.71. The molecule has 0 bridgehead atoms. The molecule has 1 heterocycles. The van der Waals surface area contributed by atoms with Gasteiger partial charge < -0.3 is 8.84 Å². The Morgan fingerprint density at radius 1 is 0.875 bits per heavy atom. The zero-order chi connectivity index (χ0) is 18.3. The molecule has 2 aromatic rings. The molecule has 132 valence electrons. The van der Waals surface area contributed by atoms with Crippen LogP contribution in [0.1, 0.15) is 52.7 Å². The topological polar surface area (TPSA) is 22.4 Å². The number of furan rings is 1. The minimum atomic E-state index is -1.73. The first-order valence-corrected chi connectivity index (χ1v) is 12.1. The van der Waals surface area contributed by atoms with Crippen LogP contribution in [0, 0.1) is 0 Å². The fourth-order valence-corrected chi connectivity index (χ4v) is 3.58. The van der Waals surface area contributed by atoms with E-state index in [4.69, 9.17) is 8.84 Å². The molecular formula is C21H32O2Si. The van der Waals surface area contributed by atoms with Gasteiger partial charge in [0.05, 0.1) is 6.26 Å². The van der Waals surface area contributed by atoms with E-state index in [0.29, 0.717) is 0 Å². The Labute approximate surface area is 148 Å². The monoisotopic (exact) mass is 344 g/mol. The lowest BCUT2D eigenvalue weighted by Crippen LogP contribution is -2.32. The Hall–Kier alpha value is -1.48. The van der Waals surface area contributed by atoms with Crippen LogP contribution in [0.25, 0.3) is 11.3 Å². The van der Waals surface area contributed by atoms with Crippen molar-refractivity contribution in [1.82, 2.24) is 0 Å². The van der Waals surface area contributed by atoms with Gasteiger partial charge in [0.1, 0.15) is 11.5 Å². The zero-order valence-corrected chi connectivity index (χ0v) is 17.7. The maximum Gasteiger partial charge on any atom is 0.242 e. The van der Waals surface area contributed by atoms with Crippen LogP contribution >= 0.6 is 0 Å². The highest BCUT2D eigenvalue weighted by molar-refractivity contribution is 6.70. The van der Waals surface area contributed by atoms with Crippen molar-refractivity contribution in [3.05, 3.63) is 41.7 Å². The molecule has 0 atom stereocenters. The molecule has 0 saturated heterocycles. The van der Waals surface area contributed by atoms with Gasteiger partial charge in [-0.05, 0) is 65.9 Å². The quantitative estimate of drug-likeness (QED) is 0.574. The Kier molecular flexibility index (Phi) is 4.80. The average molecular weight is 345 g/mol. The van der Waals surface area contributed by atoms with Crippen LogP contribution < -0.4 is 4.43 Å². The fraction of sp³-hybridized carbons (Fsp3) is 0.524. The van der Waals surface area contributed by atoms with Crippen molar-refractivity contribution in [2.45, 2.75) is 72.0 Å². The fourth-order valence-electron chi connectivity index (χ4n) is 2.74. The predicted octanol–water partition coefficient (Wildman–Crippen LogP) is 6.76. The van der Waals surface area contributed by atoms with E-state index in [1.807, 2.05) is 12.1 Å². The largest absolute Gasteiger partial charge is 0.544 e. The second-order valence-corrected chi connectivity index (χ2v) is 14.0. The van der Waals surface area contributed by atoms with Gasteiger partial charge in [-0.2, -0.15) is 0 Å². The van der Waals surface area contributed by atoms with E-state index < -0.39 is 8.32 Å². The third-order valence-corrected chi connectivity index (χ3v) is 4.74. The summed E-state index contributed by atoms with van der Waals surface area (Å²) in [7, 11) is -1.73. The maximum atomic E-state index is 6.60. The molecule has 1 aromatic heterocycles. The van der Waals surface area contributed by atoms with Gasteiger partial charge >= 0.3 is 0 Å². The molecule has 0 aliphatic rings. The van der Waals surface area contributed by atoms with Gasteiger partial charge in [-0.1, -0.05) is 41.5 Å². The Morgan fingerprint density at radius 3 is 1.71 bits per heavy atom. The molecule has 3 heteroatoms. The van der Waals surface area contributed by atoms with Crippen LogP contribution in [0.5, 0.6) is 5.75 Å². The van der Waals surface area contributed by atoms with Crippen molar-refractivity contribution in [2.75, 3.05) is 0 Å². The summed E-state index contributed by atoms with van der Waals surface area (Å²) in [6.45, 7) is 20.2. The van der Waals surface area contributed by atoms with Crippen LogP contribution in [0.2, 0.25) is 19.6 Å². The molecular weight excluding hydrogens is 312 g/mol. The summed E-state index contributed by atoms with van der Waals surface area (Å²) in [4.78, 5) is 0. The van der Waals surface area contributed by atoms with Crippen LogP contribution in [-0.4, -0.2) is 8.32 Å². The van der Waals surface area contributed by atoms with Crippen LogP contribution in [0.15, 0.2) is 34.9 Å². The Balaban J connectivity index is 2.80. The number of hydrogen-bond donors (Lipinski definition) is 0. The molecule has 0 fully saturated rings. The number of hydrogen-bond acceptors (Lipinski definition) is 2. The summed E-state index contributed by atoms with van der Waals surface area (Å²) >= 11 is 0. The van der Waals surface area contributed by atoms with E-state index in [-0.39, 0.29) is 10.8 Å². The predicted molar refractivity (Wildman–Crippen MR) is 106 cm³/mol. The molecule has 0 aliphatic carbocycles. The molecule has 24 heavy (non-hydrogen) atoms. The molecule has 2 nitrogen and oxygen atoms in total.